The van der Waals surface area contributed by atoms with Crippen LogP contribution in [-0.2, 0) is 17.7 Å². The van der Waals surface area contributed by atoms with Gasteiger partial charge in [-0.3, -0.25) is 0 Å². The third kappa shape index (κ3) is 4.12. The fourth-order valence-electron chi connectivity index (χ4n) is 2.26. The molecule has 0 aromatic heterocycles. The van der Waals surface area contributed by atoms with Crippen LogP contribution in [0.1, 0.15) is 31.9 Å². The van der Waals surface area contributed by atoms with Gasteiger partial charge in [0.05, 0.1) is 6.54 Å². The first kappa shape index (κ1) is 15.7. The fraction of sp³-hybridized carbons (Fsp3) is 0.500. The number of benzene rings is 1. The van der Waals surface area contributed by atoms with Crippen LogP contribution in [0.25, 0.3) is 0 Å². The van der Waals surface area contributed by atoms with Crippen molar-refractivity contribution in [1.82, 2.24) is 4.90 Å². The molecule has 0 saturated carbocycles. The molecule has 0 fully saturated rings. The second-order valence-electron chi connectivity index (χ2n) is 5.99. The molecule has 0 aliphatic carbocycles. The van der Waals surface area contributed by atoms with E-state index in [0.29, 0.717) is 25.3 Å². The van der Waals surface area contributed by atoms with Gasteiger partial charge >= 0.3 is 13.4 Å². The van der Waals surface area contributed by atoms with Crippen LogP contribution in [0.2, 0.25) is 0 Å². The lowest BCUT2D eigenvalue weighted by molar-refractivity contribution is 0.0223. The smallest absolute Gasteiger partial charge is 0.512 e. The lowest BCUT2D eigenvalue weighted by Crippen LogP contribution is -2.40. The highest BCUT2D eigenvalue weighted by molar-refractivity contribution is 6.33. The maximum Gasteiger partial charge on any atom is 0.707 e. The van der Waals surface area contributed by atoms with Gasteiger partial charge in [0.1, 0.15) is 11.4 Å². The van der Waals surface area contributed by atoms with Crippen LogP contribution in [0.3, 0.4) is 0 Å². The van der Waals surface area contributed by atoms with Gasteiger partial charge in [0.2, 0.25) is 0 Å². The van der Waals surface area contributed by atoms with Gasteiger partial charge in [0.15, 0.2) is 0 Å². The molecule has 0 unspecified atom stereocenters. The van der Waals surface area contributed by atoms with Crippen molar-refractivity contribution in [1.29, 1.82) is 0 Å². The number of amides is 1. The molecule has 0 saturated heterocycles. The third-order valence-electron chi connectivity index (χ3n) is 3.11. The SMILES string of the molecule is CC(C)(C)OC(=O)N1CCc2cccc(OB(O)O)c2C1. The second kappa shape index (κ2) is 5.95. The Morgan fingerprint density at radius 1 is 1.33 bits per heavy atom. The molecule has 1 heterocycles. The molecule has 0 bridgehead atoms. The van der Waals surface area contributed by atoms with Gasteiger partial charge in [-0.05, 0) is 38.8 Å². The predicted molar refractivity (Wildman–Crippen MR) is 77.6 cm³/mol. The molecule has 2 N–H and O–H groups in total. The summed E-state index contributed by atoms with van der Waals surface area (Å²) in [6.45, 7) is 6.35. The van der Waals surface area contributed by atoms with E-state index in [9.17, 15) is 4.79 Å². The molecule has 21 heavy (non-hydrogen) atoms. The highest BCUT2D eigenvalue weighted by atomic mass is 16.6. The van der Waals surface area contributed by atoms with Crippen molar-refractivity contribution in [2.24, 2.45) is 0 Å². The zero-order valence-corrected chi connectivity index (χ0v) is 12.5. The molecule has 0 radical (unpaired) electrons. The maximum atomic E-state index is 12.1. The molecule has 1 amide bonds. The van der Waals surface area contributed by atoms with Crippen molar-refractivity contribution in [3.05, 3.63) is 29.3 Å². The molecule has 1 aromatic rings. The summed E-state index contributed by atoms with van der Waals surface area (Å²) in [4.78, 5) is 13.7. The normalized spacial score (nSPS) is 14.4. The van der Waals surface area contributed by atoms with Gasteiger partial charge in [-0.25, -0.2) is 4.79 Å². The van der Waals surface area contributed by atoms with E-state index < -0.39 is 12.9 Å². The van der Waals surface area contributed by atoms with Crippen LogP contribution < -0.4 is 4.65 Å². The zero-order chi connectivity index (χ0) is 15.6. The number of hydrogen-bond donors (Lipinski definition) is 2. The minimum atomic E-state index is -1.88. The molecule has 1 aromatic carbocycles. The highest BCUT2D eigenvalue weighted by Crippen LogP contribution is 2.29. The second-order valence-corrected chi connectivity index (χ2v) is 5.99. The summed E-state index contributed by atoms with van der Waals surface area (Å²) in [5, 5.41) is 17.9. The monoisotopic (exact) mass is 293 g/mol. The summed E-state index contributed by atoms with van der Waals surface area (Å²) in [7, 11) is -1.88. The van der Waals surface area contributed by atoms with E-state index in [1.807, 2.05) is 26.8 Å². The molecule has 1 aliphatic rings. The van der Waals surface area contributed by atoms with Crippen LogP contribution in [-0.4, -0.2) is 40.5 Å². The van der Waals surface area contributed by atoms with E-state index in [0.717, 1.165) is 11.1 Å². The van der Waals surface area contributed by atoms with Crippen LogP contribution in [0.15, 0.2) is 18.2 Å². The number of ether oxygens (including phenoxy) is 1. The first-order valence-electron chi connectivity index (χ1n) is 6.88. The van der Waals surface area contributed by atoms with E-state index >= 15 is 0 Å². The predicted octanol–water partition coefficient (Wildman–Crippen LogP) is 1.33. The first-order chi connectivity index (χ1) is 9.76. The maximum absolute atomic E-state index is 12.1. The Kier molecular flexibility index (Phi) is 4.44. The summed E-state index contributed by atoms with van der Waals surface area (Å²) >= 11 is 0. The van der Waals surface area contributed by atoms with Crippen molar-refractivity contribution in [2.75, 3.05) is 6.54 Å². The summed E-state index contributed by atoms with van der Waals surface area (Å²) in [5.41, 5.74) is 1.27. The number of carbonyl (C=O) groups is 1. The molecule has 0 atom stereocenters. The molecule has 2 rings (SSSR count). The largest absolute Gasteiger partial charge is 0.707 e. The Bertz CT molecular complexity index is 527. The van der Waals surface area contributed by atoms with Gasteiger partial charge in [-0.1, -0.05) is 12.1 Å². The van der Waals surface area contributed by atoms with Gasteiger partial charge in [-0.15, -0.1) is 0 Å². The van der Waals surface area contributed by atoms with Crippen molar-refractivity contribution in [2.45, 2.75) is 39.3 Å². The summed E-state index contributed by atoms with van der Waals surface area (Å²) in [6.07, 6.45) is 0.292. The van der Waals surface area contributed by atoms with E-state index in [1.54, 1.807) is 17.0 Å². The van der Waals surface area contributed by atoms with Gasteiger partial charge < -0.3 is 24.3 Å². The number of fused-ring (bicyclic) bond motifs is 1. The average molecular weight is 293 g/mol. The highest BCUT2D eigenvalue weighted by Gasteiger charge is 2.28. The summed E-state index contributed by atoms with van der Waals surface area (Å²) in [6, 6.07) is 5.38. The summed E-state index contributed by atoms with van der Waals surface area (Å²) in [5.74, 6) is 0.371. The van der Waals surface area contributed by atoms with Crippen LogP contribution in [0, 0.1) is 0 Å². The van der Waals surface area contributed by atoms with Crippen molar-refractivity contribution in [3.8, 4) is 5.75 Å². The number of nitrogens with zero attached hydrogens (tertiary/aromatic N) is 1. The lowest BCUT2D eigenvalue weighted by Gasteiger charge is -2.32. The molecule has 6 nitrogen and oxygen atoms in total. The molecule has 0 spiro atoms. The molecular formula is C14H20BNO5. The van der Waals surface area contributed by atoms with E-state index in [1.165, 1.54) is 0 Å². The number of rotatable bonds is 2. The molecular weight excluding hydrogens is 273 g/mol. The van der Waals surface area contributed by atoms with Gasteiger partial charge in [0, 0.05) is 12.1 Å². The Morgan fingerprint density at radius 2 is 2.05 bits per heavy atom. The minimum Gasteiger partial charge on any atom is -0.512 e. The Labute approximate surface area is 124 Å². The number of hydrogen-bond acceptors (Lipinski definition) is 5. The molecule has 7 heteroatoms. The average Bonchev–Trinajstić information content (AvgIpc) is 2.36. The Hall–Kier alpha value is -1.73. The first-order valence-corrected chi connectivity index (χ1v) is 6.88. The minimum absolute atomic E-state index is 0.327. The Morgan fingerprint density at radius 3 is 2.67 bits per heavy atom. The quantitative estimate of drug-likeness (QED) is 0.804. The van der Waals surface area contributed by atoms with Crippen LogP contribution >= 0.6 is 0 Å². The van der Waals surface area contributed by atoms with Gasteiger partial charge in [-0.2, -0.15) is 0 Å². The fourth-order valence-corrected chi connectivity index (χ4v) is 2.26. The van der Waals surface area contributed by atoms with Crippen molar-refractivity contribution < 1.29 is 24.2 Å². The topological polar surface area (TPSA) is 79.2 Å². The molecule has 1 aliphatic heterocycles. The third-order valence-corrected chi connectivity index (χ3v) is 3.11. The Balaban J connectivity index is 2.17. The van der Waals surface area contributed by atoms with E-state index in [2.05, 4.69) is 0 Å². The van der Waals surface area contributed by atoms with Gasteiger partial charge in [0.25, 0.3) is 0 Å². The van der Waals surface area contributed by atoms with E-state index in [-0.39, 0.29) is 6.09 Å². The summed E-state index contributed by atoms with van der Waals surface area (Å²) < 4.78 is 10.3. The van der Waals surface area contributed by atoms with Crippen molar-refractivity contribution in [3.63, 3.8) is 0 Å². The number of carbonyl (C=O) groups excluding carboxylic acids is 1. The lowest BCUT2D eigenvalue weighted by atomic mass is 9.98. The molecule has 114 valence electrons. The van der Waals surface area contributed by atoms with Crippen LogP contribution in [0.5, 0.6) is 5.75 Å². The van der Waals surface area contributed by atoms with Crippen LogP contribution in [0.4, 0.5) is 4.79 Å². The zero-order valence-electron chi connectivity index (χ0n) is 12.5. The van der Waals surface area contributed by atoms with E-state index in [4.69, 9.17) is 19.4 Å². The standard InChI is InChI=1S/C14H20BNO5/c1-14(2,3)20-13(17)16-8-7-10-5-4-6-12(11(10)9-16)21-15(18)19/h4-6,18-19H,7-9H2,1-3H3. The van der Waals surface area contributed by atoms with Crippen molar-refractivity contribution >= 4 is 13.4 Å².